The number of anilines is 1. The molecule has 5 aliphatic rings. The van der Waals surface area contributed by atoms with E-state index in [1.807, 2.05) is 43.3 Å². The molecule has 3 aliphatic heterocycles. The van der Waals surface area contributed by atoms with E-state index in [0.29, 0.717) is 5.69 Å². The summed E-state index contributed by atoms with van der Waals surface area (Å²) in [5.41, 5.74) is 0.565. The fourth-order valence-corrected chi connectivity index (χ4v) is 6.10. The maximum Gasteiger partial charge on any atom is 0.246 e. The Kier molecular flexibility index (Phi) is 4.47. The van der Waals surface area contributed by atoms with Crippen LogP contribution in [0.3, 0.4) is 0 Å². The van der Waals surface area contributed by atoms with Crippen molar-refractivity contribution in [2.75, 3.05) is 4.90 Å². The molecule has 2 saturated heterocycles. The number of hydrogen-bond acceptors (Lipinski definition) is 4. The molecule has 6 rings (SSSR count). The summed E-state index contributed by atoms with van der Waals surface area (Å²) in [4.78, 5) is 42.3. The van der Waals surface area contributed by atoms with Crippen LogP contribution in [0.5, 0.6) is 0 Å². The van der Waals surface area contributed by atoms with Crippen LogP contribution in [0.4, 0.5) is 5.69 Å². The summed E-state index contributed by atoms with van der Waals surface area (Å²) in [7, 11) is 0. The third-order valence-corrected chi connectivity index (χ3v) is 7.73. The third-order valence-electron chi connectivity index (χ3n) is 7.73. The van der Waals surface area contributed by atoms with Crippen molar-refractivity contribution in [1.29, 1.82) is 0 Å². The number of rotatable bonds is 5. The maximum absolute atomic E-state index is 13.9. The van der Waals surface area contributed by atoms with Gasteiger partial charge in [0.05, 0.1) is 17.9 Å². The van der Waals surface area contributed by atoms with Gasteiger partial charge in [0.15, 0.2) is 0 Å². The zero-order chi connectivity index (χ0) is 22.0. The van der Waals surface area contributed by atoms with Gasteiger partial charge in [0.25, 0.3) is 0 Å². The Morgan fingerprint density at radius 3 is 2.50 bits per heavy atom. The zero-order valence-electron chi connectivity index (χ0n) is 18.3. The maximum atomic E-state index is 13.9. The first-order chi connectivity index (χ1) is 15.5. The number of aryl methyl sites for hydroxylation is 1. The van der Waals surface area contributed by atoms with E-state index in [9.17, 15) is 14.4 Å². The first-order valence-corrected chi connectivity index (χ1v) is 11.9. The minimum absolute atomic E-state index is 0.129. The Labute approximate surface area is 187 Å². The van der Waals surface area contributed by atoms with Gasteiger partial charge in [-0.15, -0.1) is 0 Å². The van der Waals surface area contributed by atoms with Crippen LogP contribution >= 0.6 is 0 Å². The van der Waals surface area contributed by atoms with Crippen molar-refractivity contribution in [1.82, 2.24) is 10.6 Å². The molecular formula is C25H29N3O4. The highest BCUT2D eigenvalue weighted by Crippen LogP contribution is 2.56. The molecule has 1 aromatic carbocycles. The van der Waals surface area contributed by atoms with E-state index < -0.39 is 29.6 Å². The molecule has 1 aromatic rings. The molecular weight excluding hydrogens is 406 g/mol. The highest BCUT2D eigenvalue weighted by molar-refractivity contribution is 6.10. The van der Waals surface area contributed by atoms with Crippen molar-refractivity contribution < 1.29 is 19.1 Å². The minimum Gasteiger partial charge on any atom is -0.359 e. The summed E-state index contributed by atoms with van der Waals surface area (Å²) in [6, 6.07) is 7.12. The lowest BCUT2D eigenvalue weighted by Gasteiger charge is -2.33. The summed E-state index contributed by atoms with van der Waals surface area (Å²) in [5.74, 6) is -1.84. The first kappa shape index (κ1) is 20.0. The van der Waals surface area contributed by atoms with E-state index in [0.717, 1.165) is 44.1 Å². The highest BCUT2D eigenvalue weighted by Gasteiger charge is 2.73. The molecule has 2 N–H and O–H groups in total. The smallest absolute Gasteiger partial charge is 0.246 e. The van der Waals surface area contributed by atoms with Gasteiger partial charge in [-0.1, -0.05) is 37.1 Å². The Bertz CT molecular complexity index is 1010. The van der Waals surface area contributed by atoms with E-state index in [-0.39, 0.29) is 29.8 Å². The molecule has 168 valence electrons. The molecule has 4 fully saturated rings. The van der Waals surface area contributed by atoms with Gasteiger partial charge in [0.2, 0.25) is 17.7 Å². The van der Waals surface area contributed by atoms with Crippen molar-refractivity contribution in [2.45, 2.75) is 75.3 Å². The van der Waals surface area contributed by atoms with Crippen molar-refractivity contribution in [2.24, 2.45) is 11.8 Å². The first-order valence-electron chi connectivity index (χ1n) is 11.9. The predicted octanol–water partition coefficient (Wildman–Crippen LogP) is 1.99. The lowest BCUT2D eigenvalue weighted by atomic mass is 9.74. The van der Waals surface area contributed by atoms with Crippen molar-refractivity contribution in [3.05, 3.63) is 42.0 Å². The molecule has 0 aromatic heterocycles. The number of carbonyl (C=O) groups excluding carboxylic acids is 3. The second-order valence-corrected chi connectivity index (χ2v) is 10.0. The molecule has 1 spiro atoms. The second kappa shape index (κ2) is 7.17. The number of hydrogen-bond donors (Lipinski definition) is 2. The number of benzene rings is 1. The van der Waals surface area contributed by atoms with E-state index in [4.69, 9.17) is 4.74 Å². The van der Waals surface area contributed by atoms with E-state index in [2.05, 4.69) is 10.6 Å². The largest absolute Gasteiger partial charge is 0.359 e. The predicted molar refractivity (Wildman–Crippen MR) is 118 cm³/mol. The summed E-state index contributed by atoms with van der Waals surface area (Å²) in [5, 5.41) is 6.24. The SMILES string of the molecule is Cc1cccc(N2C(=O)[C@H]3[C@@H](C(=O)NC4CC4)[C@H]4C=C[C@@]3(O4)[C@H]2C(=O)NC2CCCC2)c1. The molecule has 3 heterocycles. The van der Waals surface area contributed by atoms with Gasteiger partial charge in [-0.05, 0) is 50.3 Å². The zero-order valence-corrected chi connectivity index (χ0v) is 18.3. The van der Waals surface area contributed by atoms with Crippen LogP contribution in [0.25, 0.3) is 0 Å². The summed E-state index contributed by atoms with van der Waals surface area (Å²) < 4.78 is 6.37. The number of carbonyl (C=O) groups is 3. The normalized spacial score (nSPS) is 35.4. The number of ether oxygens (including phenoxy) is 1. The molecule has 5 atom stereocenters. The van der Waals surface area contributed by atoms with Crippen LogP contribution in [0, 0.1) is 18.8 Å². The van der Waals surface area contributed by atoms with Crippen LogP contribution in [0.1, 0.15) is 44.1 Å². The quantitative estimate of drug-likeness (QED) is 0.693. The molecule has 2 bridgehead atoms. The third kappa shape index (κ3) is 2.94. The highest BCUT2D eigenvalue weighted by atomic mass is 16.5. The number of amides is 3. The Hall–Kier alpha value is -2.67. The van der Waals surface area contributed by atoms with Crippen LogP contribution < -0.4 is 15.5 Å². The monoisotopic (exact) mass is 435 g/mol. The molecule has 2 aliphatic carbocycles. The van der Waals surface area contributed by atoms with Gasteiger partial charge in [-0.3, -0.25) is 19.3 Å². The lowest BCUT2D eigenvalue weighted by molar-refractivity contribution is -0.132. The second-order valence-electron chi connectivity index (χ2n) is 10.0. The standard InChI is InChI=1S/C25H29N3O4/c1-14-5-4-8-17(13-14)28-21(23(30)27-15-6-2-3-7-15)25-12-11-18(32-25)19(20(25)24(28)31)22(29)26-16-9-10-16/h4-5,8,11-13,15-16,18-21H,2-3,6-7,9-10H2,1H3,(H,26,29)(H,27,30)/t18-,19+,20-,21-,25+/m1/s1. The Morgan fingerprint density at radius 2 is 1.78 bits per heavy atom. The molecule has 7 heteroatoms. The van der Waals surface area contributed by atoms with Crippen LogP contribution in [0.15, 0.2) is 36.4 Å². The molecule has 32 heavy (non-hydrogen) atoms. The van der Waals surface area contributed by atoms with Crippen molar-refractivity contribution in [3.8, 4) is 0 Å². The summed E-state index contributed by atoms with van der Waals surface area (Å²) >= 11 is 0. The van der Waals surface area contributed by atoms with Gasteiger partial charge in [0.1, 0.15) is 11.6 Å². The van der Waals surface area contributed by atoms with E-state index in [1.165, 1.54) is 0 Å². The molecule has 2 saturated carbocycles. The fourth-order valence-electron chi connectivity index (χ4n) is 6.10. The summed E-state index contributed by atoms with van der Waals surface area (Å²) in [6.07, 6.45) is 9.35. The molecule has 7 nitrogen and oxygen atoms in total. The van der Waals surface area contributed by atoms with Crippen molar-refractivity contribution in [3.63, 3.8) is 0 Å². The summed E-state index contributed by atoms with van der Waals surface area (Å²) in [6.45, 7) is 1.96. The van der Waals surface area contributed by atoms with E-state index >= 15 is 0 Å². The van der Waals surface area contributed by atoms with Crippen molar-refractivity contribution >= 4 is 23.4 Å². The average Bonchev–Trinajstić information content (AvgIpc) is 3.12. The van der Waals surface area contributed by atoms with Crippen LogP contribution in [0.2, 0.25) is 0 Å². The number of nitrogens with zero attached hydrogens (tertiary/aromatic N) is 1. The number of nitrogens with one attached hydrogen (secondary N) is 2. The molecule has 3 amide bonds. The van der Waals surface area contributed by atoms with Gasteiger partial charge < -0.3 is 15.4 Å². The molecule has 0 unspecified atom stereocenters. The average molecular weight is 436 g/mol. The topological polar surface area (TPSA) is 87.7 Å². The number of fused-ring (bicyclic) bond motifs is 1. The minimum atomic E-state index is -1.11. The van der Waals surface area contributed by atoms with Gasteiger partial charge in [-0.2, -0.15) is 0 Å². The van der Waals surface area contributed by atoms with Crippen LogP contribution in [-0.4, -0.2) is 47.6 Å². The Morgan fingerprint density at radius 1 is 1.06 bits per heavy atom. The van der Waals surface area contributed by atoms with E-state index in [1.54, 1.807) is 4.90 Å². The fraction of sp³-hybridized carbons (Fsp3) is 0.560. The van der Waals surface area contributed by atoms with Gasteiger partial charge >= 0.3 is 0 Å². The van der Waals surface area contributed by atoms with Gasteiger partial charge in [0, 0.05) is 17.8 Å². The van der Waals surface area contributed by atoms with Crippen LogP contribution in [-0.2, 0) is 19.1 Å². The van der Waals surface area contributed by atoms with Gasteiger partial charge in [-0.25, -0.2) is 0 Å². The Balaban J connectivity index is 1.40. The lowest BCUT2D eigenvalue weighted by Crippen LogP contribution is -2.56. The molecule has 0 radical (unpaired) electrons.